The van der Waals surface area contributed by atoms with Crippen molar-refractivity contribution in [1.82, 2.24) is 15.5 Å². The van der Waals surface area contributed by atoms with Gasteiger partial charge in [0, 0.05) is 6.42 Å². The third-order valence-corrected chi connectivity index (χ3v) is 3.21. The van der Waals surface area contributed by atoms with Gasteiger partial charge in [-0.25, -0.2) is 0 Å². The number of aromatic nitrogens is 2. The number of rotatable bonds is 6. The summed E-state index contributed by atoms with van der Waals surface area (Å²) in [6.45, 7) is 4.52. The molecule has 1 amide bonds. The number of nitrogens with one attached hydrogen (secondary N) is 1. The van der Waals surface area contributed by atoms with Crippen molar-refractivity contribution in [3.8, 4) is 0 Å². The molecule has 21 heavy (non-hydrogen) atoms. The smallest absolute Gasteiger partial charge is 0.312 e. The van der Waals surface area contributed by atoms with Crippen LogP contribution in [-0.2, 0) is 17.8 Å². The standard InChI is InChI=1S/C15H20N4O2/c1-10(2)12-6-3-11(4-7-12)5-8-13(20)17-9-14-18-19-15(16)21-14/h3-4,6-7,10H,5,8-9H2,1-2H3,(H2,16,19)(H,17,20). The van der Waals surface area contributed by atoms with Crippen molar-refractivity contribution in [1.29, 1.82) is 0 Å². The van der Waals surface area contributed by atoms with Crippen molar-refractivity contribution in [2.45, 2.75) is 39.2 Å². The second-order valence-corrected chi connectivity index (χ2v) is 5.21. The van der Waals surface area contributed by atoms with Gasteiger partial charge >= 0.3 is 6.01 Å². The molecule has 2 aromatic rings. The highest BCUT2D eigenvalue weighted by molar-refractivity contribution is 5.76. The molecule has 0 saturated heterocycles. The number of amides is 1. The lowest BCUT2D eigenvalue weighted by Gasteiger charge is -2.07. The maximum Gasteiger partial charge on any atom is 0.312 e. The van der Waals surface area contributed by atoms with E-state index in [-0.39, 0.29) is 18.5 Å². The zero-order valence-electron chi connectivity index (χ0n) is 12.3. The molecule has 1 aromatic heterocycles. The normalized spacial score (nSPS) is 10.8. The summed E-state index contributed by atoms with van der Waals surface area (Å²) in [4.78, 5) is 11.7. The molecule has 6 heteroatoms. The Kier molecular flexibility index (Phi) is 4.92. The van der Waals surface area contributed by atoms with E-state index in [4.69, 9.17) is 10.2 Å². The van der Waals surface area contributed by atoms with Crippen molar-refractivity contribution in [2.75, 3.05) is 5.73 Å². The van der Waals surface area contributed by atoms with Crippen LogP contribution >= 0.6 is 0 Å². The van der Waals surface area contributed by atoms with Gasteiger partial charge in [-0.2, -0.15) is 0 Å². The molecule has 2 rings (SSSR count). The Morgan fingerprint density at radius 3 is 2.57 bits per heavy atom. The molecule has 0 aliphatic heterocycles. The van der Waals surface area contributed by atoms with Crippen LogP contribution in [0.3, 0.4) is 0 Å². The number of aryl methyl sites for hydroxylation is 1. The highest BCUT2D eigenvalue weighted by Gasteiger charge is 2.06. The highest BCUT2D eigenvalue weighted by atomic mass is 16.4. The summed E-state index contributed by atoms with van der Waals surface area (Å²) in [5.74, 6) is 0.769. The SMILES string of the molecule is CC(C)c1ccc(CCC(=O)NCc2nnc(N)o2)cc1. The summed E-state index contributed by atoms with van der Waals surface area (Å²) in [6.07, 6.45) is 1.13. The van der Waals surface area contributed by atoms with Gasteiger partial charge in [0.15, 0.2) is 0 Å². The third-order valence-electron chi connectivity index (χ3n) is 3.21. The van der Waals surface area contributed by atoms with E-state index in [1.54, 1.807) is 0 Å². The molecule has 0 unspecified atom stereocenters. The van der Waals surface area contributed by atoms with Crippen molar-refractivity contribution >= 4 is 11.9 Å². The van der Waals surface area contributed by atoms with Gasteiger partial charge in [0.25, 0.3) is 0 Å². The number of hydrogen-bond donors (Lipinski definition) is 2. The minimum atomic E-state index is -0.0558. The van der Waals surface area contributed by atoms with Crippen LogP contribution in [0.4, 0.5) is 6.01 Å². The molecule has 1 aromatic carbocycles. The van der Waals surface area contributed by atoms with Crippen molar-refractivity contribution < 1.29 is 9.21 Å². The predicted molar refractivity (Wildman–Crippen MR) is 79.4 cm³/mol. The average Bonchev–Trinajstić information content (AvgIpc) is 2.89. The summed E-state index contributed by atoms with van der Waals surface area (Å²) >= 11 is 0. The summed E-state index contributed by atoms with van der Waals surface area (Å²) in [5, 5.41) is 9.92. The van der Waals surface area contributed by atoms with E-state index in [0.29, 0.717) is 24.7 Å². The number of hydrogen-bond acceptors (Lipinski definition) is 5. The number of nitrogen functional groups attached to an aromatic ring is 1. The van der Waals surface area contributed by atoms with Crippen molar-refractivity contribution in [3.05, 3.63) is 41.3 Å². The number of carbonyl (C=O) groups excluding carboxylic acids is 1. The second kappa shape index (κ2) is 6.88. The van der Waals surface area contributed by atoms with E-state index >= 15 is 0 Å². The van der Waals surface area contributed by atoms with E-state index in [2.05, 4.69) is 53.6 Å². The lowest BCUT2D eigenvalue weighted by molar-refractivity contribution is -0.121. The van der Waals surface area contributed by atoms with Gasteiger partial charge in [0.1, 0.15) is 0 Å². The van der Waals surface area contributed by atoms with E-state index in [9.17, 15) is 4.79 Å². The maximum absolute atomic E-state index is 11.7. The molecule has 0 bridgehead atoms. The number of benzene rings is 1. The lowest BCUT2D eigenvalue weighted by atomic mass is 10.0. The Bertz CT molecular complexity index is 590. The molecular weight excluding hydrogens is 268 g/mol. The third kappa shape index (κ3) is 4.59. The molecule has 0 aliphatic carbocycles. The van der Waals surface area contributed by atoms with Gasteiger partial charge in [0.2, 0.25) is 11.8 Å². The van der Waals surface area contributed by atoms with Crippen molar-refractivity contribution in [2.24, 2.45) is 0 Å². The average molecular weight is 288 g/mol. The fourth-order valence-electron chi connectivity index (χ4n) is 1.93. The summed E-state index contributed by atoms with van der Waals surface area (Å²) in [7, 11) is 0. The summed E-state index contributed by atoms with van der Waals surface area (Å²) in [6, 6.07) is 8.37. The fourth-order valence-corrected chi connectivity index (χ4v) is 1.93. The molecule has 0 fully saturated rings. The first kappa shape index (κ1) is 15.0. The van der Waals surface area contributed by atoms with E-state index in [1.165, 1.54) is 5.56 Å². The molecule has 1 heterocycles. The number of nitrogens with zero attached hydrogens (tertiary/aromatic N) is 2. The molecule has 112 valence electrons. The monoisotopic (exact) mass is 288 g/mol. The van der Waals surface area contributed by atoms with Crippen molar-refractivity contribution in [3.63, 3.8) is 0 Å². The molecule has 0 radical (unpaired) electrons. The van der Waals surface area contributed by atoms with E-state index in [0.717, 1.165) is 5.56 Å². The molecule has 0 aliphatic rings. The minimum Gasteiger partial charge on any atom is -0.406 e. The molecule has 0 spiro atoms. The van der Waals surface area contributed by atoms with Gasteiger partial charge in [-0.1, -0.05) is 43.2 Å². The first-order valence-electron chi connectivity index (χ1n) is 6.98. The maximum atomic E-state index is 11.7. The zero-order valence-corrected chi connectivity index (χ0v) is 12.3. The number of anilines is 1. The first-order valence-corrected chi connectivity index (χ1v) is 6.98. The summed E-state index contributed by atoms with van der Waals surface area (Å²) in [5.41, 5.74) is 7.75. The van der Waals surface area contributed by atoms with Crippen LogP contribution in [0, 0.1) is 0 Å². The van der Waals surface area contributed by atoms with Crippen LogP contribution in [0.5, 0.6) is 0 Å². The van der Waals surface area contributed by atoms with E-state index < -0.39 is 0 Å². The van der Waals surface area contributed by atoms with E-state index in [1.807, 2.05) is 0 Å². The Labute approximate surface area is 123 Å². The molecular formula is C15H20N4O2. The first-order chi connectivity index (χ1) is 10.0. The van der Waals surface area contributed by atoms with Crippen LogP contribution < -0.4 is 11.1 Å². The van der Waals surface area contributed by atoms with Gasteiger partial charge in [-0.15, -0.1) is 5.10 Å². The van der Waals surface area contributed by atoms with Gasteiger partial charge in [-0.05, 0) is 23.5 Å². The Balaban J connectivity index is 1.75. The summed E-state index contributed by atoms with van der Waals surface area (Å²) < 4.78 is 4.97. The molecule has 6 nitrogen and oxygen atoms in total. The molecule has 3 N–H and O–H groups in total. The highest BCUT2D eigenvalue weighted by Crippen LogP contribution is 2.15. The fraction of sp³-hybridized carbons (Fsp3) is 0.400. The molecule has 0 saturated carbocycles. The zero-order chi connectivity index (χ0) is 15.2. The number of carbonyl (C=O) groups is 1. The van der Waals surface area contributed by atoms with Crippen LogP contribution in [0.2, 0.25) is 0 Å². The minimum absolute atomic E-state index is 0.00416. The lowest BCUT2D eigenvalue weighted by Crippen LogP contribution is -2.23. The second-order valence-electron chi connectivity index (χ2n) is 5.21. The van der Waals surface area contributed by atoms with Crippen LogP contribution in [0.15, 0.2) is 28.7 Å². The predicted octanol–water partition coefficient (Wildman–Crippen LogP) is 2.02. The quantitative estimate of drug-likeness (QED) is 0.848. The van der Waals surface area contributed by atoms with Crippen LogP contribution in [0.25, 0.3) is 0 Å². The molecule has 0 atom stereocenters. The van der Waals surface area contributed by atoms with Gasteiger partial charge in [0.05, 0.1) is 6.54 Å². The topological polar surface area (TPSA) is 94.0 Å². The van der Waals surface area contributed by atoms with Gasteiger partial charge in [-0.3, -0.25) is 4.79 Å². The van der Waals surface area contributed by atoms with Gasteiger partial charge < -0.3 is 15.5 Å². The largest absolute Gasteiger partial charge is 0.406 e. The van der Waals surface area contributed by atoms with Crippen LogP contribution in [-0.4, -0.2) is 16.1 Å². The van der Waals surface area contributed by atoms with Crippen LogP contribution in [0.1, 0.15) is 43.2 Å². The Hall–Kier alpha value is -2.37. The Morgan fingerprint density at radius 2 is 2.00 bits per heavy atom. The number of nitrogens with two attached hydrogens (primary N) is 1. The Morgan fingerprint density at radius 1 is 1.29 bits per heavy atom.